The van der Waals surface area contributed by atoms with Gasteiger partial charge in [0.05, 0.1) is 11.5 Å². The second kappa shape index (κ2) is 9.48. The summed E-state index contributed by atoms with van der Waals surface area (Å²) in [6.07, 6.45) is 1.02. The Morgan fingerprint density at radius 3 is 2.37 bits per heavy atom. The van der Waals surface area contributed by atoms with Crippen LogP contribution in [-0.2, 0) is 9.59 Å². The van der Waals surface area contributed by atoms with Crippen LogP contribution in [0.2, 0.25) is 0 Å². The van der Waals surface area contributed by atoms with E-state index in [2.05, 4.69) is 12.2 Å². The second-order valence-electron chi connectivity index (χ2n) is 10.4. The predicted octanol–water partition coefficient (Wildman–Crippen LogP) is 4.40. The van der Waals surface area contributed by atoms with Gasteiger partial charge in [-0.05, 0) is 70.1 Å². The number of hydrogen-bond donors (Lipinski definition) is 2. The van der Waals surface area contributed by atoms with Gasteiger partial charge in [0.1, 0.15) is 0 Å². The molecule has 2 rings (SSSR count). The summed E-state index contributed by atoms with van der Waals surface area (Å²) in [5.41, 5.74) is -0.0792. The van der Waals surface area contributed by atoms with Crippen molar-refractivity contribution in [1.82, 2.24) is 5.32 Å². The number of β-amino-alcohol motifs (C(OH)–C–C–N with tert-alkyl or cyclic N) is 1. The highest BCUT2D eigenvalue weighted by Crippen LogP contribution is 2.46. The molecule has 2 N–H and O–H groups in total. The fourth-order valence-corrected chi connectivity index (χ4v) is 3.78. The molecule has 168 valence electrons. The molecule has 1 unspecified atom stereocenters. The van der Waals surface area contributed by atoms with Gasteiger partial charge in [-0.25, -0.2) is 0 Å². The molecule has 1 aliphatic rings. The van der Waals surface area contributed by atoms with E-state index in [0.29, 0.717) is 18.0 Å². The number of aliphatic hydroxyl groups excluding tert-OH is 1. The van der Waals surface area contributed by atoms with Gasteiger partial charge in [-0.15, -0.1) is 0 Å². The van der Waals surface area contributed by atoms with E-state index in [1.807, 2.05) is 41.5 Å². The van der Waals surface area contributed by atoms with E-state index in [1.54, 1.807) is 18.2 Å². The van der Waals surface area contributed by atoms with Gasteiger partial charge in [0.15, 0.2) is 11.5 Å². The van der Waals surface area contributed by atoms with E-state index in [9.17, 15) is 14.7 Å². The maximum Gasteiger partial charge on any atom is 0.317 e. The van der Waals surface area contributed by atoms with Crippen LogP contribution in [0.4, 0.5) is 0 Å². The molecule has 0 aliphatic heterocycles. The fraction of sp³-hybridized carbons (Fsp3) is 0.667. The standard InChI is InChI=1S/C24H37NO5/c1-15(2)10-21(27)29-19-9-8-17(18(26)14-25-23(4,5)6)11-20(19)30-22(28)24(7)12-16(3)13-24/h8-9,11,15-16,18,25-26H,10,12-14H2,1-7H3. The number of carbonyl (C=O) groups excluding carboxylic acids is 2. The summed E-state index contributed by atoms with van der Waals surface area (Å²) in [6.45, 7) is 14.3. The van der Waals surface area contributed by atoms with Gasteiger partial charge in [0.25, 0.3) is 0 Å². The molecule has 1 aliphatic carbocycles. The summed E-state index contributed by atoms with van der Waals surface area (Å²) in [5, 5.41) is 13.8. The molecule has 0 heterocycles. The highest BCUT2D eigenvalue weighted by Gasteiger charge is 2.45. The van der Waals surface area contributed by atoms with Crippen LogP contribution in [0.3, 0.4) is 0 Å². The number of benzene rings is 1. The molecule has 0 radical (unpaired) electrons. The third-order valence-corrected chi connectivity index (χ3v) is 5.27. The lowest BCUT2D eigenvalue weighted by atomic mass is 9.64. The Morgan fingerprint density at radius 1 is 1.20 bits per heavy atom. The molecule has 0 amide bonds. The first-order valence-electron chi connectivity index (χ1n) is 10.8. The summed E-state index contributed by atoms with van der Waals surface area (Å²) in [5.74, 6) is 0.301. The molecule has 0 aromatic heterocycles. The zero-order valence-corrected chi connectivity index (χ0v) is 19.4. The molecule has 0 bridgehead atoms. The summed E-state index contributed by atoms with van der Waals surface area (Å²) in [4.78, 5) is 25.0. The average Bonchev–Trinajstić information content (AvgIpc) is 2.58. The second-order valence-corrected chi connectivity index (χ2v) is 10.4. The minimum Gasteiger partial charge on any atom is -0.423 e. The van der Waals surface area contributed by atoms with E-state index >= 15 is 0 Å². The van der Waals surface area contributed by atoms with Crippen molar-refractivity contribution >= 4 is 11.9 Å². The first-order valence-corrected chi connectivity index (χ1v) is 10.8. The van der Waals surface area contributed by atoms with Gasteiger partial charge in [0, 0.05) is 18.5 Å². The van der Waals surface area contributed by atoms with Crippen LogP contribution in [0.1, 0.15) is 79.4 Å². The highest BCUT2D eigenvalue weighted by atomic mass is 16.6. The minimum absolute atomic E-state index is 0.141. The van der Waals surface area contributed by atoms with Crippen molar-refractivity contribution in [2.75, 3.05) is 6.54 Å². The SMILES string of the molecule is CC(C)CC(=O)Oc1ccc(C(O)CNC(C)(C)C)cc1OC(=O)C1(C)CC(C)C1. The zero-order valence-electron chi connectivity index (χ0n) is 19.4. The Balaban J connectivity index is 2.23. The van der Waals surface area contributed by atoms with Gasteiger partial charge in [-0.1, -0.05) is 26.8 Å². The number of carbonyl (C=O) groups is 2. The topological polar surface area (TPSA) is 84.9 Å². The first-order chi connectivity index (χ1) is 13.8. The van der Waals surface area contributed by atoms with Crippen molar-refractivity contribution in [1.29, 1.82) is 0 Å². The Hall–Kier alpha value is -1.92. The van der Waals surface area contributed by atoms with E-state index in [4.69, 9.17) is 9.47 Å². The minimum atomic E-state index is -0.790. The van der Waals surface area contributed by atoms with Gasteiger partial charge in [-0.3, -0.25) is 9.59 Å². The van der Waals surface area contributed by atoms with Gasteiger partial charge >= 0.3 is 11.9 Å². The number of hydrogen-bond acceptors (Lipinski definition) is 6. The molecule has 6 heteroatoms. The summed E-state index contributed by atoms with van der Waals surface area (Å²) < 4.78 is 11.2. The molecule has 1 aromatic rings. The van der Waals surface area contributed by atoms with Crippen molar-refractivity contribution in [2.45, 2.75) is 79.4 Å². The van der Waals surface area contributed by atoms with Crippen LogP contribution >= 0.6 is 0 Å². The van der Waals surface area contributed by atoms with Crippen molar-refractivity contribution < 1.29 is 24.2 Å². The van der Waals surface area contributed by atoms with Crippen molar-refractivity contribution in [2.24, 2.45) is 17.3 Å². The molecule has 1 aromatic carbocycles. The molecule has 1 fully saturated rings. The average molecular weight is 420 g/mol. The number of nitrogens with one attached hydrogen (secondary N) is 1. The van der Waals surface area contributed by atoms with Crippen molar-refractivity contribution in [3.8, 4) is 11.5 Å². The Kier molecular flexibility index (Phi) is 7.69. The molecule has 1 atom stereocenters. The van der Waals surface area contributed by atoms with Crippen LogP contribution in [0.5, 0.6) is 11.5 Å². The first kappa shape index (κ1) is 24.4. The van der Waals surface area contributed by atoms with E-state index in [0.717, 1.165) is 12.8 Å². The van der Waals surface area contributed by atoms with Crippen LogP contribution < -0.4 is 14.8 Å². The number of esters is 2. The van der Waals surface area contributed by atoms with Crippen LogP contribution in [-0.4, -0.2) is 29.1 Å². The van der Waals surface area contributed by atoms with Crippen molar-refractivity contribution in [3.63, 3.8) is 0 Å². The van der Waals surface area contributed by atoms with Gasteiger partial charge < -0.3 is 19.9 Å². The highest BCUT2D eigenvalue weighted by molar-refractivity contribution is 5.81. The fourth-order valence-electron chi connectivity index (χ4n) is 3.78. The Labute approximate surface area is 180 Å². The zero-order chi connectivity index (χ0) is 22.7. The third kappa shape index (κ3) is 6.81. The van der Waals surface area contributed by atoms with E-state index in [-0.39, 0.29) is 41.3 Å². The van der Waals surface area contributed by atoms with E-state index < -0.39 is 11.5 Å². The molecule has 30 heavy (non-hydrogen) atoms. The lowest BCUT2D eigenvalue weighted by Gasteiger charge is -2.41. The quantitative estimate of drug-likeness (QED) is 0.480. The maximum absolute atomic E-state index is 12.8. The smallest absolute Gasteiger partial charge is 0.317 e. The van der Waals surface area contributed by atoms with Crippen molar-refractivity contribution in [3.05, 3.63) is 23.8 Å². The third-order valence-electron chi connectivity index (χ3n) is 5.27. The normalized spacial score (nSPS) is 22.4. The predicted molar refractivity (Wildman–Crippen MR) is 116 cm³/mol. The van der Waals surface area contributed by atoms with Crippen LogP contribution in [0, 0.1) is 17.3 Å². The van der Waals surface area contributed by atoms with Crippen LogP contribution in [0.25, 0.3) is 0 Å². The largest absolute Gasteiger partial charge is 0.423 e. The summed E-state index contributed by atoms with van der Waals surface area (Å²) in [6, 6.07) is 4.87. The number of ether oxygens (including phenoxy) is 2. The molecule has 1 saturated carbocycles. The summed E-state index contributed by atoms with van der Waals surface area (Å²) in [7, 11) is 0. The molecule has 0 spiro atoms. The molecule has 6 nitrogen and oxygen atoms in total. The molecular formula is C24H37NO5. The number of rotatable bonds is 8. The lowest BCUT2D eigenvalue weighted by Crippen LogP contribution is -2.42. The van der Waals surface area contributed by atoms with Gasteiger partial charge in [-0.2, -0.15) is 0 Å². The van der Waals surface area contributed by atoms with Crippen LogP contribution in [0.15, 0.2) is 18.2 Å². The summed E-state index contributed by atoms with van der Waals surface area (Å²) >= 11 is 0. The molecule has 0 saturated heterocycles. The van der Waals surface area contributed by atoms with E-state index in [1.165, 1.54) is 0 Å². The Morgan fingerprint density at radius 2 is 1.83 bits per heavy atom. The molecular weight excluding hydrogens is 382 g/mol. The maximum atomic E-state index is 12.8. The Bertz CT molecular complexity index is 759. The van der Waals surface area contributed by atoms with Gasteiger partial charge in [0.2, 0.25) is 0 Å². The monoisotopic (exact) mass is 419 g/mol. The lowest BCUT2D eigenvalue weighted by molar-refractivity contribution is -0.153. The number of aliphatic hydroxyl groups is 1.